The van der Waals surface area contributed by atoms with E-state index in [1.807, 2.05) is 6.07 Å². The Labute approximate surface area is 122 Å². The van der Waals surface area contributed by atoms with Crippen LogP contribution in [0.4, 0.5) is 0 Å². The topological polar surface area (TPSA) is 59.0 Å². The van der Waals surface area contributed by atoms with Crippen molar-refractivity contribution in [1.82, 2.24) is 0 Å². The van der Waals surface area contributed by atoms with Crippen LogP contribution in [-0.4, -0.2) is 12.1 Å². The van der Waals surface area contributed by atoms with Gasteiger partial charge in [0, 0.05) is 6.42 Å². The summed E-state index contributed by atoms with van der Waals surface area (Å²) in [4.78, 5) is 0. The maximum Gasteiger partial charge on any atom is 0.123 e. The molecule has 1 rings (SSSR count). The van der Waals surface area contributed by atoms with Crippen molar-refractivity contribution < 1.29 is 4.74 Å². The lowest BCUT2D eigenvalue weighted by atomic mass is 9.85. The first kappa shape index (κ1) is 16.5. The van der Waals surface area contributed by atoms with Crippen LogP contribution < -0.4 is 10.5 Å². The summed E-state index contributed by atoms with van der Waals surface area (Å²) in [5.41, 5.74) is 7.52. The van der Waals surface area contributed by atoms with Crippen LogP contribution in [0.5, 0.6) is 5.75 Å². The molecule has 20 heavy (non-hydrogen) atoms. The van der Waals surface area contributed by atoms with Crippen LogP contribution in [-0.2, 0) is 11.8 Å². The third-order valence-corrected chi connectivity index (χ3v) is 3.39. The lowest BCUT2D eigenvalue weighted by Gasteiger charge is -2.24. The van der Waals surface area contributed by atoms with E-state index < -0.39 is 5.54 Å². The summed E-state index contributed by atoms with van der Waals surface area (Å²) in [5.74, 6) is 0.892. The Bertz CT molecular complexity index is 493. The average Bonchev–Trinajstić information content (AvgIpc) is 2.37. The van der Waals surface area contributed by atoms with Crippen molar-refractivity contribution in [3.63, 3.8) is 0 Å². The zero-order valence-electron chi connectivity index (χ0n) is 13.3. The Balaban J connectivity index is 2.88. The molecule has 0 spiro atoms. The number of aryl methyl sites for hydroxylation is 1. The molecule has 0 aliphatic carbocycles. The minimum absolute atomic E-state index is 0.0295. The first-order chi connectivity index (χ1) is 9.19. The van der Waals surface area contributed by atoms with Crippen molar-refractivity contribution in [3.05, 3.63) is 29.3 Å². The molecule has 1 atom stereocenters. The van der Waals surface area contributed by atoms with Crippen LogP contribution in [0.3, 0.4) is 0 Å². The number of ether oxygens (including phenoxy) is 1. The van der Waals surface area contributed by atoms with Crippen LogP contribution in [0.1, 0.15) is 52.2 Å². The molecule has 2 N–H and O–H groups in total. The lowest BCUT2D eigenvalue weighted by Crippen LogP contribution is -2.35. The number of nitriles is 1. The Kier molecular flexibility index (Phi) is 5.19. The number of benzene rings is 1. The standard InChI is InChI=1S/C17H26N2O/c1-6-13-7-8-15(14(11-13)16(2,3)4)20-10-9-17(5,19)12-18/h7-8,11H,6,9-10,19H2,1-5H3. The van der Waals surface area contributed by atoms with Gasteiger partial charge >= 0.3 is 0 Å². The Morgan fingerprint density at radius 2 is 1.90 bits per heavy atom. The molecule has 3 heteroatoms. The van der Waals surface area contributed by atoms with Crippen LogP contribution in [0.2, 0.25) is 0 Å². The van der Waals surface area contributed by atoms with E-state index in [1.54, 1.807) is 6.92 Å². The van der Waals surface area contributed by atoms with E-state index in [1.165, 1.54) is 11.1 Å². The Morgan fingerprint density at radius 1 is 1.25 bits per heavy atom. The van der Waals surface area contributed by atoms with Gasteiger partial charge in [-0.25, -0.2) is 0 Å². The van der Waals surface area contributed by atoms with Gasteiger partial charge < -0.3 is 10.5 Å². The van der Waals surface area contributed by atoms with Gasteiger partial charge in [-0.1, -0.05) is 39.8 Å². The van der Waals surface area contributed by atoms with Crippen molar-refractivity contribution >= 4 is 0 Å². The first-order valence-corrected chi connectivity index (χ1v) is 7.16. The molecule has 0 saturated carbocycles. The van der Waals surface area contributed by atoms with Gasteiger partial charge in [0.2, 0.25) is 0 Å². The summed E-state index contributed by atoms with van der Waals surface area (Å²) < 4.78 is 5.87. The third kappa shape index (κ3) is 4.54. The number of hydrogen-bond donors (Lipinski definition) is 1. The molecular formula is C17H26N2O. The van der Waals surface area contributed by atoms with Gasteiger partial charge in [-0.15, -0.1) is 0 Å². The summed E-state index contributed by atoms with van der Waals surface area (Å²) in [5, 5.41) is 8.91. The second-order valence-electron chi connectivity index (χ2n) is 6.56. The van der Waals surface area contributed by atoms with E-state index >= 15 is 0 Å². The fourth-order valence-corrected chi connectivity index (χ4v) is 1.94. The van der Waals surface area contributed by atoms with Gasteiger partial charge in [0.25, 0.3) is 0 Å². The molecule has 0 aromatic heterocycles. The van der Waals surface area contributed by atoms with E-state index in [-0.39, 0.29) is 5.41 Å². The van der Waals surface area contributed by atoms with E-state index in [4.69, 9.17) is 15.7 Å². The van der Waals surface area contributed by atoms with Crippen molar-refractivity contribution in [2.24, 2.45) is 5.73 Å². The molecular weight excluding hydrogens is 248 g/mol. The molecule has 1 aromatic carbocycles. The minimum Gasteiger partial charge on any atom is -0.493 e. The van der Waals surface area contributed by atoms with Crippen LogP contribution >= 0.6 is 0 Å². The van der Waals surface area contributed by atoms with Gasteiger partial charge in [-0.2, -0.15) is 5.26 Å². The second kappa shape index (κ2) is 6.28. The molecule has 1 unspecified atom stereocenters. The first-order valence-electron chi connectivity index (χ1n) is 7.16. The average molecular weight is 274 g/mol. The fraction of sp³-hybridized carbons (Fsp3) is 0.588. The number of hydrogen-bond acceptors (Lipinski definition) is 3. The Morgan fingerprint density at radius 3 is 2.40 bits per heavy atom. The summed E-state index contributed by atoms with van der Waals surface area (Å²) in [6, 6.07) is 8.42. The number of nitrogens with two attached hydrogens (primary N) is 1. The normalized spacial score (nSPS) is 14.4. The predicted octanol–water partition coefficient (Wildman–Crippen LogP) is 3.56. The maximum absolute atomic E-state index is 8.91. The van der Waals surface area contributed by atoms with Crippen molar-refractivity contribution in [1.29, 1.82) is 5.26 Å². The molecule has 0 saturated heterocycles. The molecule has 1 aromatic rings. The van der Waals surface area contributed by atoms with E-state index in [2.05, 4.69) is 45.9 Å². The summed E-state index contributed by atoms with van der Waals surface area (Å²) in [6.07, 6.45) is 1.53. The molecule has 0 amide bonds. The zero-order valence-corrected chi connectivity index (χ0v) is 13.3. The van der Waals surface area contributed by atoms with Gasteiger partial charge in [-0.3, -0.25) is 0 Å². The molecule has 0 bridgehead atoms. The highest BCUT2D eigenvalue weighted by Crippen LogP contribution is 2.32. The summed E-state index contributed by atoms with van der Waals surface area (Å²) in [6.45, 7) is 10.9. The summed E-state index contributed by atoms with van der Waals surface area (Å²) in [7, 11) is 0. The van der Waals surface area contributed by atoms with Crippen LogP contribution in [0, 0.1) is 11.3 Å². The quantitative estimate of drug-likeness (QED) is 0.893. The molecule has 3 nitrogen and oxygen atoms in total. The molecule has 0 aliphatic rings. The highest BCUT2D eigenvalue weighted by molar-refractivity contribution is 5.41. The molecule has 0 heterocycles. The predicted molar refractivity (Wildman–Crippen MR) is 82.8 cm³/mol. The zero-order chi connectivity index (χ0) is 15.4. The molecule has 110 valence electrons. The van der Waals surface area contributed by atoms with Crippen molar-refractivity contribution in [2.75, 3.05) is 6.61 Å². The van der Waals surface area contributed by atoms with Gasteiger partial charge in [0.05, 0.1) is 12.7 Å². The van der Waals surface area contributed by atoms with E-state index in [9.17, 15) is 0 Å². The highest BCUT2D eigenvalue weighted by Gasteiger charge is 2.21. The van der Waals surface area contributed by atoms with Crippen molar-refractivity contribution in [2.45, 2.75) is 58.4 Å². The van der Waals surface area contributed by atoms with E-state index in [0.29, 0.717) is 13.0 Å². The monoisotopic (exact) mass is 274 g/mol. The molecule has 0 radical (unpaired) electrons. The van der Waals surface area contributed by atoms with Crippen LogP contribution in [0.15, 0.2) is 18.2 Å². The SMILES string of the molecule is CCc1ccc(OCCC(C)(N)C#N)c(C(C)(C)C)c1. The largest absolute Gasteiger partial charge is 0.493 e. The smallest absolute Gasteiger partial charge is 0.123 e. The molecule has 0 fully saturated rings. The third-order valence-electron chi connectivity index (χ3n) is 3.39. The maximum atomic E-state index is 8.91. The Hall–Kier alpha value is -1.53. The fourth-order valence-electron chi connectivity index (χ4n) is 1.94. The summed E-state index contributed by atoms with van der Waals surface area (Å²) >= 11 is 0. The lowest BCUT2D eigenvalue weighted by molar-refractivity contribution is 0.279. The van der Waals surface area contributed by atoms with Gasteiger partial charge in [0.15, 0.2) is 0 Å². The van der Waals surface area contributed by atoms with Gasteiger partial charge in [0.1, 0.15) is 11.3 Å². The number of rotatable bonds is 5. The molecule has 0 aliphatic heterocycles. The highest BCUT2D eigenvalue weighted by atomic mass is 16.5. The van der Waals surface area contributed by atoms with E-state index in [0.717, 1.165) is 12.2 Å². The second-order valence-corrected chi connectivity index (χ2v) is 6.56. The van der Waals surface area contributed by atoms with Crippen molar-refractivity contribution in [3.8, 4) is 11.8 Å². The number of nitrogens with zero attached hydrogens (tertiary/aromatic N) is 1. The van der Waals surface area contributed by atoms with Crippen LogP contribution in [0.25, 0.3) is 0 Å². The minimum atomic E-state index is -0.828. The van der Waals surface area contributed by atoms with Gasteiger partial charge in [-0.05, 0) is 36.0 Å².